The maximum absolute atomic E-state index is 13.1. The first-order valence-electron chi connectivity index (χ1n) is 6.50. The molecule has 1 heterocycles. The number of rotatable bonds is 3. The van der Waals surface area contributed by atoms with E-state index in [1.165, 1.54) is 6.07 Å². The largest absolute Gasteiger partial charge is 0.353 e. The smallest absolute Gasteiger partial charge is 0.224 e. The Labute approximate surface area is 121 Å². The third-order valence-electron chi connectivity index (χ3n) is 3.48. The lowest BCUT2D eigenvalue weighted by atomic mass is 9.95. The fourth-order valence-electron chi connectivity index (χ4n) is 2.32. The van der Waals surface area contributed by atoms with Gasteiger partial charge in [0.25, 0.3) is 0 Å². The van der Waals surface area contributed by atoms with E-state index in [1.807, 2.05) is 0 Å². The van der Waals surface area contributed by atoms with Crippen molar-refractivity contribution in [2.24, 2.45) is 5.92 Å². The summed E-state index contributed by atoms with van der Waals surface area (Å²) in [6.07, 6.45) is 1.25. The number of amides is 1. The van der Waals surface area contributed by atoms with Crippen LogP contribution in [0.2, 0.25) is 0 Å². The zero-order valence-corrected chi connectivity index (χ0v) is 12.5. The molecule has 3 nitrogen and oxygen atoms in total. The average molecular weight is 329 g/mol. The molecule has 2 atom stereocenters. The van der Waals surface area contributed by atoms with Crippen LogP contribution in [0.25, 0.3) is 0 Å². The number of piperidine rings is 1. The summed E-state index contributed by atoms with van der Waals surface area (Å²) >= 11 is 3.13. The van der Waals surface area contributed by atoms with Gasteiger partial charge in [0.15, 0.2) is 0 Å². The summed E-state index contributed by atoms with van der Waals surface area (Å²) in [5.41, 5.74) is 0.812. The Morgan fingerprint density at radius 2 is 2.37 bits per heavy atom. The highest BCUT2D eigenvalue weighted by Gasteiger charge is 2.22. The minimum absolute atomic E-state index is 0.00254. The summed E-state index contributed by atoms with van der Waals surface area (Å²) in [5.74, 6) is 0.131. The normalized spacial score (nSPS) is 23.1. The van der Waals surface area contributed by atoms with E-state index in [-0.39, 0.29) is 24.2 Å². The topological polar surface area (TPSA) is 41.1 Å². The molecule has 1 aromatic rings. The van der Waals surface area contributed by atoms with Gasteiger partial charge in [0.1, 0.15) is 5.82 Å². The number of carbonyl (C=O) groups is 1. The van der Waals surface area contributed by atoms with Crippen LogP contribution in [0.15, 0.2) is 22.7 Å². The Kier molecular flexibility index (Phi) is 4.93. The molecule has 0 saturated carbocycles. The molecule has 19 heavy (non-hydrogen) atoms. The molecule has 0 aromatic heterocycles. The first-order valence-corrected chi connectivity index (χ1v) is 7.29. The SMILES string of the molecule is CC1CNCCC1NC(=O)Cc1ccc(F)c(Br)c1. The van der Waals surface area contributed by atoms with E-state index in [2.05, 4.69) is 33.5 Å². The Hall–Kier alpha value is -0.940. The van der Waals surface area contributed by atoms with Crippen molar-refractivity contribution in [1.29, 1.82) is 0 Å². The van der Waals surface area contributed by atoms with E-state index in [0.717, 1.165) is 25.1 Å². The van der Waals surface area contributed by atoms with Crippen molar-refractivity contribution in [3.63, 3.8) is 0 Å². The molecule has 0 spiro atoms. The maximum atomic E-state index is 13.1. The highest BCUT2D eigenvalue weighted by Crippen LogP contribution is 2.17. The van der Waals surface area contributed by atoms with Gasteiger partial charge in [0.2, 0.25) is 5.91 Å². The van der Waals surface area contributed by atoms with Crippen molar-refractivity contribution in [2.75, 3.05) is 13.1 Å². The number of hydrogen-bond donors (Lipinski definition) is 2. The van der Waals surface area contributed by atoms with E-state index in [4.69, 9.17) is 0 Å². The van der Waals surface area contributed by atoms with Crippen molar-refractivity contribution in [2.45, 2.75) is 25.8 Å². The third-order valence-corrected chi connectivity index (χ3v) is 4.09. The molecule has 1 amide bonds. The number of benzene rings is 1. The maximum Gasteiger partial charge on any atom is 0.224 e. The lowest BCUT2D eigenvalue weighted by Gasteiger charge is -2.30. The standard InChI is InChI=1S/C14H18BrFN2O/c1-9-8-17-5-4-13(9)18-14(19)7-10-2-3-12(16)11(15)6-10/h2-3,6,9,13,17H,4-5,7-8H2,1H3,(H,18,19). The predicted molar refractivity (Wildman–Crippen MR) is 76.4 cm³/mol. The second kappa shape index (κ2) is 6.48. The molecular formula is C14H18BrFN2O. The molecule has 1 aliphatic rings. The highest BCUT2D eigenvalue weighted by molar-refractivity contribution is 9.10. The van der Waals surface area contributed by atoms with E-state index in [1.54, 1.807) is 12.1 Å². The van der Waals surface area contributed by atoms with Gasteiger partial charge in [-0.3, -0.25) is 4.79 Å². The van der Waals surface area contributed by atoms with Gasteiger partial charge < -0.3 is 10.6 Å². The van der Waals surface area contributed by atoms with Crippen LogP contribution in [0.1, 0.15) is 18.9 Å². The van der Waals surface area contributed by atoms with Crippen LogP contribution in [-0.4, -0.2) is 25.0 Å². The van der Waals surface area contributed by atoms with Gasteiger partial charge in [0.05, 0.1) is 10.9 Å². The van der Waals surface area contributed by atoms with Crippen molar-refractivity contribution >= 4 is 21.8 Å². The molecule has 0 bridgehead atoms. The summed E-state index contributed by atoms with van der Waals surface area (Å²) in [5, 5.41) is 6.37. The van der Waals surface area contributed by atoms with Crippen LogP contribution in [0.5, 0.6) is 0 Å². The third kappa shape index (κ3) is 4.01. The van der Waals surface area contributed by atoms with Crippen molar-refractivity contribution < 1.29 is 9.18 Å². The number of halogens is 2. The summed E-state index contributed by atoms with van der Waals surface area (Å²) in [6.45, 7) is 4.01. The Morgan fingerprint density at radius 1 is 1.58 bits per heavy atom. The number of hydrogen-bond acceptors (Lipinski definition) is 2. The molecule has 0 radical (unpaired) electrons. The van der Waals surface area contributed by atoms with E-state index in [0.29, 0.717) is 10.4 Å². The fraction of sp³-hybridized carbons (Fsp3) is 0.500. The quantitative estimate of drug-likeness (QED) is 0.893. The molecule has 2 rings (SSSR count). The Bertz CT molecular complexity index is 467. The summed E-state index contributed by atoms with van der Waals surface area (Å²) in [7, 11) is 0. The Morgan fingerprint density at radius 3 is 3.05 bits per heavy atom. The minimum atomic E-state index is -0.309. The van der Waals surface area contributed by atoms with Crippen LogP contribution < -0.4 is 10.6 Å². The van der Waals surface area contributed by atoms with Crippen LogP contribution in [0.3, 0.4) is 0 Å². The molecule has 1 aliphatic heterocycles. The average Bonchev–Trinajstić information content (AvgIpc) is 2.37. The van der Waals surface area contributed by atoms with E-state index >= 15 is 0 Å². The van der Waals surface area contributed by atoms with Gasteiger partial charge in [-0.2, -0.15) is 0 Å². The van der Waals surface area contributed by atoms with Gasteiger partial charge in [-0.05, 0) is 59.1 Å². The van der Waals surface area contributed by atoms with Crippen LogP contribution in [0.4, 0.5) is 4.39 Å². The first-order chi connectivity index (χ1) is 9.06. The first kappa shape index (κ1) is 14.5. The molecule has 104 valence electrons. The highest BCUT2D eigenvalue weighted by atomic mass is 79.9. The number of nitrogens with one attached hydrogen (secondary N) is 2. The molecule has 0 aliphatic carbocycles. The van der Waals surface area contributed by atoms with Gasteiger partial charge in [-0.25, -0.2) is 4.39 Å². The van der Waals surface area contributed by atoms with E-state index < -0.39 is 0 Å². The van der Waals surface area contributed by atoms with E-state index in [9.17, 15) is 9.18 Å². The zero-order valence-electron chi connectivity index (χ0n) is 10.9. The van der Waals surface area contributed by atoms with Crippen molar-refractivity contribution in [1.82, 2.24) is 10.6 Å². The molecular weight excluding hydrogens is 311 g/mol. The minimum Gasteiger partial charge on any atom is -0.353 e. The number of carbonyl (C=O) groups excluding carboxylic acids is 1. The van der Waals surface area contributed by atoms with Crippen molar-refractivity contribution in [3.8, 4) is 0 Å². The summed E-state index contributed by atoms with van der Waals surface area (Å²) in [4.78, 5) is 12.0. The molecule has 2 unspecified atom stereocenters. The van der Waals surface area contributed by atoms with Gasteiger partial charge >= 0.3 is 0 Å². The second-order valence-corrected chi connectivity index (χ2v) is 5.92. The van der Waals surface area contributed by atoms with Crippen molar-refractivity contribution in [3.05, 3.63) is 34.1 Å². The summed E-state index contributed by atoms with van der Waals surface area (Å²) in [6, 6.07) is 4.91. The van der Waals surface area contributed by atoms with Gasteiger partial charge in [0, 0.05) is 6.04 Å². The molecule has 1 saturated heterocycles. The predicted octanol–water partition coefficient (Wildman–Crippen LogP) is 2.24. The van der Waals surface area contributed by atoms with Gasteiger partial charge in [-0.1, -0.05) is 13.0 Å². The summed E-state index contributed by atoms with van der Waals surface area (Å²) < 4.78 is 13.5. The molecule has 5 heteroatoms. The second-order valence-electron chi connectivity index (χ2n) is 5.07. The fourth-order valence-corrected chi connectivity index (χ4v) is 2.75. The monoisotopic (exact) mass is 328 g/mol. The zero-order chi connectivity index (χ0) is 13.8. The molecule has 1 fully saturated rings. The van der Waals surface area contributed by atoms with Crippen LogP contribution >= 0.6 is 15.9 Å². The molecule has 1 aromatic carbocycles. The molecule has 2 N–H and O–H groups in total. The lowest BCUT2D eigenvalue weighted by Crippen LogP contribution is -2.48. The van der Waals surface area contributed by atoms with Gasteiger partial charge in [-0.15, -0.1) is 0 Å². The van der Waals surface area contributed by atoms with Crippen LogP contribution in [-0.2, 0) is 11.2 Å². The van der Waals surface area contributed by atoms with Crippen LogP contribution in [0, 0.1) is 11.7 Å². The lowest BCUT2D eigenvalue weighted by molar-refractivity contribution is -0.121. The Balaban J connectivity index is 1.91.